The summed E-state index contributed by atoms with van der Waals surface area (Å²) >= 11 is 0. The molecule has 0 saturated heterocycles. The van der Waals surface area contributed by atoms with E-state index in [-0.39, 0.29) is 5.91 Å². The number of hydrogen-bond donors (Lipinski definition) is 0. The van der Waals surface area contributed by atoms with Gasteiger partial charge in [0.25, 0.3) is 0 Å². The lowest BCUT2D eigenvalue weighted by Crippen LogP contribution is -2.34. The zero-order valence-electron chi connectivity index (χ0n) is 12.6. The van der Waals surface area contributed by atoms with Gasteiger partial charge < -0.3 is 19.1 Å². The summed E-state index contributed by atoms with van der Waals surface area (Å²) in [4.78, 5) is 20.6. The average Bonchev–Trinajstić information content (AvgIpc) is 2.66. The van der Waals surface area contributed by atoms with Gasteiger partial charge in [0.2, 0.25) is 5.91 Å². The van der Waals surface area contributed by atoms with Gasteiger partial charge in [-0.25, -0.2) is 4.98 Å². The standard InChI is InChI=1S/C14H24N4O2/c1-16(2)11-12-10-15-13-4-6-17(7-8-18(12)13)14(19)5-9-20-3/h10H,4-9,11H2,1-3H3. The lowest BCUT2D eigenvalue weighted by atomic mass is 10.3. The minimum atomic E-state index is 0.173. The number of carbonyl (C=O) groups excluding carboxylic acids is 1. The molecule has 0 spiro atoms. The van der Waals surface area contributed by atoms with Gasteiger partial charge in [0.15, 0.2) is 0 Å². The fourth-order valence-corrected chi connectivity index (χ4v) is 2.54. The molecular weight excluding hydrogens is 256 g/mol. The van der Waals surface area contributed by atoms with Crippen molar-refractivity contribution in [3.05, 3.63) is 17.7 Å². The molecule has 0 atom stereocenters. The largest absolute Gasteiger partial charge is 0.384 e. The van der Waals surface area contributed by atoms with Crippen molar-refractivity contribution in [3.63, 3.8) is 0 Å². The molecule has 0 N–H and O–H groups in total. The van der Waals surface area contributed by atoms with Gasteiger partial charge in [0.1, 0.15) is 5.82 Å². The third-order valence-corrected chi connectivity index (χ3v) is 3.57. The third kappa shape index (κ3) is 3.58. The van der Waals surface area contributed by atoms with Crippen molar-refractivity contribution in [2.45, 2.75) is 25.9 Å². The number of ether oxygens (including phenoxy) is 1. The van der Waals surface area contributed by atoms with Crippen LogP contribution in [-0.4, -0.2) is 66.2 Å². The summed E-state index contributed by atoms with van der Waals surface area (Å²) in [5, 5.41) is 0. The van der Waals surface area contributed by atoms with Crippen LogP contribution in [0.3, 0.4) is 0 Å². The number of imidazole rings is 1. The Labute approximate surface area is 120 Å². The molecule has 6 heteroatoms. The Hall–Kier alpha value is -1.40. The third-order valence-electron chi connectivity index (χ3n) is 3.57. The molecule has 0 bridgehead atoms. The molecule has 2 rings (SSSR count). The lowest BCUT2D eigenvalue weighted by molar-refractivity contribution is -0.132. The van der Waals surface area contributed by atoms with E-state index in [1.165, 1.54) is 5.69 Å². The normalized spacial score (nSPS) is 15.3. The average molecular weight is 280 g/mol. The molecule has 20 heavy (non-hydrogen) atoms. The van der Waals surface area contributed by atoms with E-state index < -0.39 is 0 Å². The van der Waals surface area contributed by atoms with Crippen LogP contribution in [-0.2, 0) is 29.0 Å². The molecular formula is C14H24N4O2. The van der Waals surface area contributed by atoms with Crippen molar-refractivity contribution in [1.82, 2.24) is 19.4 Å². The number of carbonyl (C=O) groups is 1. The topological polar surface area (TPSA) is 50.6 Å². The molecule has 112 valence electrons. The molecule has 1 aromatic heterocycles. The highest BCUT2D eigenvalue weighted by atomic mass is 16.5. The van der Waals surface area contributed by atoms with E-state index in [1.807, 2.05) is 11.1 Å². The Kier molecular flexibility index (Phi) is 5.14. The van der Waals surface area contributed by atoms with E-state index in [4.69, 9.17) is 4.74 Å². The molecule has 6 nitrogen and oxygen atoms in total. The summed E-state index contributed by atoms with van der Waals surface area (Å²) in [5.74, 6) is 1.26. The summed E-state index contributed by atoms with van der Waals surface area (Å²) in [5.41, 5.74) is 1.22. The Bertz CT molecular complexity index is 456. The zero-order chi connectivity index (χ0) is 14.5. The van der Waals surface area contributed by atoms with Crippen molar-refractivity contribution >= 4 is 5.91 Å². The summed E-state index contributed by atoms with van der Waals surface area (Å²) in [6.45, 7) is 3.71. The minimum absolute atomic E-state index is 0.173. The first-order valence-corrected chi connectivity index (χ1v) is 7.06. The summed E-state index contributed by atoms with van der Waals surface area (Å²) in [6, 6.07) is 0. The summed E-state index contributed by atoms with van der Waals surface area (Å²) < 4.78 is 7.23. The van der Waals surface area contributed by atoms with E-state index in [2.05, 4.69) is 28.5 Å². The smallest absolute Gasteiger partial charge is 0.224 e. The number of aromatic nitrogens is 2. The molecule has 0 aromatic carbocycles. The molecule has 0 saturated carbocycles. The number of methoxy groups -OCH3 is 1. The van der Waals surface area contributed by atoms with Crippen LogP contribution in [0, 0.1) is 0 Å². The van der Waals surface area contributed by atoms with Crippen LogP contribution in [0.25, 0.3) is 0 Å². The van der Waals surface area contributed by atoms with Crippen LogP contribution >= 0.6 is 0 Å². The Morgan fingerprint density at radius 3 is 2.90 bits per heavy atom. The zero-order valence-corrected chi connectivity index (χ0v) is 12.6. The first-order valence-electron chi connectivity index (χ1n) is 7.06. The predicted molar refractivity (Wildman–Crippen MR) is 76.4 cm³/mol. The van der Waals surface area contributed by atoms with Crippen molar-refractivity contribution in [3.8, 4) is 0 Å². The number of rotatable bonds is 5. The van der Waals surface area contributed by atoms with E-state index in [0.29, 0.717) is 13.0 Å². The number of hydrogen-bond acceptors (Lipinski definition) is 4. The minimum Gasteiger partial charge on any atom is -0.384 e. The molecule has 1 aliphatic rings. The van der Waals surface area contributed by atoms with Gasteiger partial charge in [-0.2, -0.15) is 0 Å². The highest BCUT2D eigenvalue weighted by Crippen LogP contribution is 2.13. The van der Waals surface area contributed by atoms with Crippen LogP contribution in [0.1, 0.15) is 17.9 Å². The fourth-order valence-electron chi connectivity index (χ4n) is 2.54. The summed E-state index contributed by atoms with van der Waals surface area (Å²) in [6.07, 6.45) is 3.24. The first-order chi connectivity index (χ1) is 9.61. The monoisotopic (exact) mass is 280 g/mol. The quantitative estimate of drug-likeness (QED) is 0.782. The molecule has 0 unspecified atom stereocenters. The van der Waals surface area contributed by atoms with Gasteiger partial charge in [0, 0.05) is 45.9 Å². The van der Waals surface area contributed by atoms with Gasteiger partial charge in [0.05, 0.1) is 18.7 Å². The van der Waals surface area contributed by atoms with E-state index >= 15 is 0 Å². The van der Waals surface area contributed by atoms with Crippen LogP contribution in [0.15, 0.2) is 6.20 Å². The van der Waals surface area contributed by atoms with Gasteiger partial charge in [-0.3, -0.25) is 4.79 Å². The lowest BCUT2D eigenvalue weighted by Gasteiger charge is -2.20. The van der Waals surface area contributed by atoms with E-state index in [9.17, 15) is 4.79 Å². The maximum atomic E-state index is 12.1. The van der Waals surface area contributed by atoms with Crippen molar-refractivity contribution in [2.24, 2.45) is 0 Å². The van der Waals surface area contributed by atoms with Gasteiger partial charge in [-0.1, -0.05) is 0 Å². The first kappa shape index (κ1) is 15.0. The Morgan fingerprint density at radius 1 is 1.40 bits per heavy atom. The van der Waals surface area contributed by atoms with Crippen LogP contribution in [0.2, 0.25) is 0 Å². The van der Waals surface area contributed by atoms with Gasteiger partial charge in [-0.05, 0) is 14.1 Å². The maximum Gasteiger partial charge on any atom is 0.224 e. The second kappa shape index (κ2) is 6.85. The maximum absolute atomic E-state index is 12.1. The second-order valence-electron chi connectivity index (χ2n) is 5.43. The van der Waals surface area contributed by atoms with Crippen LogP contribution in [0.5, 0.6) is 0 Å². The highest BCUT2D eigenvalue weighted by Gasteiger charge is 2.20. The molecule has 1 amide bonds. The van der Waals surface area contributed by atoms with Crippen molar-refractivity contribution in [2.75, 3.05) is 40.9 Å². The van der Waals surface area contributed by atoms with Crippen molar-refractivity contribution in [1.29, 1.82) is 0 Å². The van der Waals surface area contributed by atoms with Crippen molar-refractivity contribution < 1.29 is 9.53 Å². The van der Waals surface area contributed by atoms with Crippen LogP contribution in [0.4, 0.5) is 0 Å². The van der Waals surface area contributed by atoms with E-state index in [0.717, 1.165) is 38.4 Å². The molecule has 2 heterocycles. The van der Waals surface area contributed by atoms with Gasteiger partial charge in [-0.15, -0.1) is 0 Å². The Morgan fingerprint density at radius 2 is 2.20 bits per heavy atom. The predicted octanol–water partition coefficient (Wildman–Crippen LogP) is 0.366. The SMILES string of the molecule is COCCC(=O)N1CCc2ncc(CN(C)C)n2CC1. The second-order valence-corrected chi connectivity index (χ2v) is 5.43. The number of amides is 1. The molecule has 0 radical (unpaired) electrons. The van der Waals surface area contributed by atoms with Gasteiger partial charge >= 0.3 is 0 Å². The number of nitrogens with zero attached hydrogens (tertiary/aromatic N) is 4. The van der Waals surface area contributed by atoms with E-state index in [1.54, 1.807) is 7.11 Å². The van der Waals surface area contributed by atoms with Crippen LogP contribution < -0.4 is 0 Å². The Balaban J connectivity index is 2.00. The molecule has 0 fully saturated rings. The molecule has 1 aliphatic heterocycles. The fraction of sp³-hybridized carbons (Fsp3) is 0.714. The summed E-state index contributed by atoms with van der Waals surface area (Å²) in [7, 11) is 5.73. The molecule has 1 aromatic rings. The molecule has 0 aliphatic carbocycles. The highest BCUT2D eigenvalue weighted by molar-refractivity contribution is 5.76. The number of fused-ring (bicyclic) bond motifs is 1.